The van der Waals surface area contributed by atoms with Crippen LogP contribution in [0.3, 0.4) is 0 Å². The van der Waals surface area contributed by atoms with Gasteiger partial charge in [0.1, 0.15) is 0 Å². The van der Waals surface area contributed by atoms with E-state index in [0.717, 1.165) is 32.5 Å². The molecule has 2 fully saturated rings. The fraction of sp³-hybridized carbons (Fsp3) is 0.824. The van der Waals surface area contributed by atoms with E-state index in [4.69, 9.17) is 9.84 Å². The van der Waals surface area contributed by atoms with Crippen molar-refractivity contribution < 1.29 is 4.74 Å². The highest BCUT2D eigenvalue weighted by molar-refractivity contribution is 5.16. The molecule has 1 unspecified atom stereocenters. The van der Waals surface area contributed by atoms with Crippen LogP contribution in [0, 0.1) is 12.8 Å². The molecule has 4 heteroatoms. The Hall–Kier alpha value is -0.870. The molecule has 1 aliphatic carbocycles. The minimum Gasteiger partial charge on any atom is -0.375 e. The quantitative estimate of drug-likeness (QED) is 0.905. The summed E-state index contributed by atoms with van der Waals surface area (Å²) in [7, 11) is 0. The Bertz CT molecular complexity index is 476. The summed E-state index contributed by atoms with van der Waals surface area (Å²) in [4.78, 5) is 0. The fourth-order valence-electron chi connectivity index (χ4n) is 3.52. The first-order valence-corrected chi connectivity index (χ1v) is 8.47. The molecular formula is C17H29N3O. The van der Waals surface area contributed by atoms with Crippen molar-refractivity contribution in [1.29, 1.82) is 0 Å². The number of nitrogens with one attached hydrogen (secondary N) is 1. The third kappa shape index (κ3) is 3.32. The van der Waals surface area contributed by atoms with Gasteiger partial charge in [0.05, 0.1) is 17.3 Å². The number of hydrogen-bond acceptors (Lipinski definition) is 3. The maximum absolute atomic E-state index is 6.03. The SMILES string of the molecule is Cc1nn(C2CCOC3(CCC3)C2)cc1CNCC(C)C. The smallest absolute Gasteiger partial charge is 0.0703 e. The van der Waals surface area contributed by atoms with E-state index in [2.05, 4.69) is 37.0 Å². The van der Waals surface area contributed by atoms with Gasteiger partial charge in [-0.3, -0.25) is 4.68 Å². The third-order valence-electron chi connectivity index (χ3n) is 4.99. The molecule has 1 aromatic heterocycles. The Morgan fingerprint density at radius 1 is 1.48 bits per heavy atom. The highest BCUT2D eigenvalue weighted by atomic mass is 16.5. The first-order valence-electron chi connectivity index (χ1n) is 8.47. The van der Waals surface area contributed by atoms with Crippen molar-refractivity contribution in [3.05, 3.63) is 17.5 Å². The van der Waals surface area contributed by atoms with Gasteiger partial charge in [0.2, 0.25) is 0 Å². The van der Waals surface area contributed by atoms with E-state index in [1.54, 1.807) is 0 Å². The molecule has 21 heavy (non-hydrogen) atoms. The van der Waals surface area contributed by atoms with Gasteiger partial charge in [0, 0.05) is 24.9 Å². The molecule has 4 nitrogen and oxygen atoms in total. The second-order valence-corrected chi connectivity index (χ2v) is 7.28. The summed E-state index contributed by atoms with van der Waals surface area (Å²) in [5.74, 6) is 0.689. The van der Waals surface area contributed by atoms with E-state index in [1.807, 2.05) is 0 Å². The standard InChI is InChI=1S/C17H29N3O/c1-13(2)10-18-11-15-12-20(19-14(15)3)16-5-8-21-17(9-16)6-4-7-17/h12-13,16,18H,4-11H2,1-3H3. The van der Waals surface area contributed by atoms with Crippen LogP contribution in [0.25, 0.3) is 0 Å². The summed E-state index contributed by atoms with van der Waals surface area (Å²) in [6.07, 6.45) is 8.31. The van der Waals surface area contributed by atoms with Crippen LogP contribution >= 0.6 is 0 Å². The molecule has 2 aliphatic rings. The summed E-state index contributed by atoms with van der Waals surface area (Å²) in [6, 6.07) is 0.525. The van der Waals surface area contributed by atoms with Crippen molar-refractivity contribution in [3.8, 4) is 0 Å². The van der Waals surface area contributed by atoms with Gasteiger partial charge in [-0.2, -0.15) is 5.10 Å². The van der Waals surface area contributed by atoms with E-state index < -0.39 is 0 Å². The van der Waals surface area contributed by atoms with Gasteiger partial charge in [0.25, 0.3) is 0 Å². The highest BCUT2D eigenvalue weighted by Gasteiger charge is 2.43. The number of hydrogen-bond donors (Lipinski definition) is 1. The normalized spacial score (nSPS) is 24.5. The van der Waals surface area contributed by atoms with Crippen molar-refractivity contribution in [2.75, 3.05) is 13.2 Å². The molecule has 0 bridgehead atoms. The van der Waals surface area contributed by atoms with Crippen LogP contribution in [0.15, 0.2) is 6.20 Å². The zero-order valence-corrected chi connectivity index (χ0v) is 13.7. The van der Waals surface area contributed by atoms with Crippen LogP contribution in [0.2, 0.25) is 0 Å². The molecule has 1 saturated heterocycles. The molecule has 1 N–H and O–H groups in total. The van der Waals surface area contributed by atoms with Gasteiger partial charge in [-0.25, -0.2) is 0 Å². The van der Waals surface area contributed by atoms with Crippen molar-refractivity contribution in [3.63, 3.8) is 0 Å². The molecule has 1 atom stereocenters. The highest BCUT2D eigenvalue weighted by Crippen LogP contribution is 2.45. The topological polar surface area (TPSA) is 39.1 Å². The van der Waals surface area contributed by atoms with E-state index >= 15 is 0 Å². The van der Waals surface area contributed by atoms with Crippen LogP contribution in [0.1, 0.15) is 63.3 Å². The van der Waals surface area contributed by atoms with Gasteiger partial charge in [-0.15, -0.1) is 0 Å². The number of rotatable bonds is 5. The van der Waals surface area contributed by atoms with Crippen LogP contribution in [0.5, 0.6) is 0 Å². The second-order valence-electron chi connectivity index (χ2n) is 7.28. The number of ether oxygens (including phenoxy) is 1. The molecule has 3 rings (SSSR count). The molecule has 0 aromatic carbocycles. The molecular weight excluding hydrogens is 262 g/mol. The van der Waals surface area contributed by atoms with E-state index in [0.29, 0.717) is 12.0 Å². The van der Waals surface area contributed by atoms with Crippen molar-refractivity contribution in [2.24, 2.45) is 5.92 Å². The molecule has 2 heterocycles. The summed E-state index contributed by atoms with van der Waals surface area (Å²) in [5.41, 5.74) is 2.70. The first-order chi connectivity index (χ1) is 10.1. The van der Waals surface area contributed by atoms with E-state index in [1.165, 1.54) is 30.5 Å². The molecule has 1 aliphatic heterocycles. The maximum Gasteiger partial charge on any atom is 0.0703 e. The number of aryl methyl sites for hydroxylation is 1. The Kier molecular flexibility index (Phi) is 4.36. The lowest BCUT2D eigenvalue weighted by Gasteiger charge is -2.47. The lowest BCUT2D eigenvalue weighted by Crippen LogP contribution is -2.46. The van der Waals surface area contributed by atoms with Crippen molar-refractivity contribution >= 4 is 0 Å². The average Bonchev–Trinajstić information content (AvgIpc) is 2.78. The second kappa shape index (κ2) is 6.09. The molecule has 0 amide bonds. The summed E-state index contributed by atoms with van der Waals surface area (Å²) in [5, 5.41) is 8.30. The van der Waals surface area contributed by atoms with Gasteiger partial charge < -0.3 is 10.1 Å². The predicted molar refractivity (Wildman–Crippen MR) is 84.3 cm³/mol. The zero-order chi connectivity index (χ0) is 14.9. The van der Waals surface area contributed by atoms with Crippen LogP contribution in [0.4, 0.5) is 0 Å². The van der Waals surface area contributed by atoms with E-state index in [9.17, 15) is 0 Å². The molecule has 1 spiro atoms. The largest absolute Gasteiger partial charge is 0.375 e. The predicted octanol–water partition coefficient (Wildman–Crippen LogP) is 3.21. The van der Waals surface area contributed by atoms with Crippen LogP contribution in [-0.2, 0) is 11.3 Å². The summed E-state index contributed by atoms with van der Waals surface area (Å²) >= 11 is 0. The fourth-order valence-corrected chi connectivity index (χ4v) is 3.52. The van der Waals surface area contributed by atoms with Gasteiger partial charge in [0.15, 0.2) is 0 Å². The lowest BCUT2D eigenvalue weighted by atomic mass is 9.74. The Balaban J connectivity index is 1.63. The van der Waals surface area contributed by atoms with Gasteiger partial charge in [-0.05, 0) is 51.5 Å². The van der Waals surface area contributed by atoms with Gasteiger partial charge >= 0.3 is 0 Å². The zero-order valence-electron chi connectivity index (χ0n) is 13.7. The first kappa shape index (κ1) is 15.0. The lowest BCUT2D eigenvalue weighted by molar-refractivity contribution is -0.141. The Morgan fingerprint density at radius 3 is 2.95 bits per heavy atom. The average molecular weight is 291 g/mol. The minimum absolute atomic E-state index is 0.193. The van der Waals surface area contributed by atoms with Crippen LogP contribution in [-0.4, -0.2) is 28.5 Å². The number of aromatic nitrogens is 2. The minimum atomic E-state index is 0.193. The third-order valence-corrected chi connectivity index (χ3v) is 4.99. The van der Waals surface area contributed by atoms with E-state index in [-0.39, 0.29) is 5.60 Å². The molecule has 0 radical (unpaired) electrons. The maximum atomic E-state index is 6.03. The summed E-state index contributed by atoms with van der Waals surface area (Å²) < 4.78 is 8.24. The Labute approximate surface area is 128 Å². The summed E-state index contributed by atoms with van der Waals surface area (Å²) in [6.45, 7) is 9.49. The molecule has 118 valence electrons. The Morgan fingerprint density at radius 2 is 2.29 bits per heavy atom. The molecule has 1 aromatic rings. The van der Waals surface area contributed by atoms with Crippen molar-refractivity contribution in [1.82, 2.24) is 15.1 Å². The molecule has 1 saturated carbocycles. The van der Waals surface area contributed by atoms with Crippen molar-refractivity contribution in [2.45, 2.75) is 71.1 Å². The number of nitrogens with zero attached hydrogens (tertiary/aromatic N) is 2. The monoisotopic (exact) mass is 291 g/mol. The van der Waals surface area contributed by atoms with Gasteiger partial charge in [-0.1, -0.05) is 13.8 Å². The van der Waals surface area contributed by atoms with Crippen LogP contribution < -0.4 is 5.32 Å².